The molecule has 1 heterocycles. The van der Waals surface area contributed by atoms with E-state index in [4.69, 9.17) is 4.42 Å². The molecule has 1 aromatic rings. The first-order valence-electron chi connectivity index (χ1n) is 7.42. The van der Waals surface area contributed by atoms with Gasteiger partial charge in [-0.3, -0.25) is 4.90 Å². The molecule has 1 saturated carbocycles. The summed E-state index contributed by atoms with van der Waals surface area (Å²) in [5.41, 5.74) is 0.849. The Hall–Kier alpha value is -1.01. The van der Waals surface area contributed by atoms with Gasteiger partial charge >= 0.3 is 6.18 Å². The molecule has 0 aromatic carbocycles. The Kier molecular flexibility index (Phi) is 5.32. The number of hydrogen-bond acceptors (Lipinski definition) is 3. The molecule has 2 rings (SSSR count). The van der Waals surface area contributed by atoms with Crippen molar-refractivity contribution in [2.45, 2.75) is 52.0 Å². The zero-order chi connectivity index (χ0) is 15.5. The van der Waals surface area contributed by atoms with E-state index in [0.29, 0.717) is 19.0 Å². The Bertz CT molecular complexity index is 438. The van der Waals surface area contributed by atoms with Gasteiger partial charge in [0.25, 0.3) is 0 Å². The topological polar surface area (TPSA) is 28.4 Å². The maximum absolute atomic E-state index is 12.6. The molecule has 0 radical (unpaired) electrons. The van der Waals surface area contributed by atoms with Gasteiger partial charge in [-0.25, -0.2) is 0 Å². The van der Waals surface area contributed by atoms with Crippen molar-refractivity contribution >= 4 is 0 Å². The van der Waals surface area contributed by atoms with Gasteiger partial charge in [0.15, 0.2) is 0 Å². The summed E-state index contributed by atoms with van der Waals surface area (Å²) in [4.78, 5) is 1.51. The fourth-order valence-electron chi connectivity index (χ4n) is 2.34. The van der Waals surface area contributed by atoms with E-state index in [9.17, 15) is 13.2 Å². The van der Waals surface area contributed by atoms with E-state index in [1.165, 1.54) is 4.90 Å². The molecule has 0 saturated heterocycles. The van der Waals surface area contributed by atoms with Gasteiger partial charge in [-0.2, -0.15) is 13.2 Å². The van der Waals surface area contributed by atoms with Gasteiger partial charge in [0.2, 0.25) is 0 Å². The predicted octanol–water partition coefficient (Wildman–Crippen LogP) is 3.55. The maximum atomic E-state index is 12.6. The third kappa shape index (κ3) is 5.71. The molecular formula is C15H23F3N2O. The highest BCUT2D eigenvalue weighted by Crippen LogP contribution is 2.32. The van der Waals surface area contributed by atoms with Crippen LogP contribution >= 0.6 is 0 Å². The molecule has 1 aromatic heterocycles. The third-order valence-electron chi connectivity index (χ3n) is 3.49. The standard InChI is InChI=1S/C15H23F3N2O/c1-11(2)7-19-8-14-12(5-6-21-14)9-20(13-3-4-13)10-15(16,17)18/h5-6,11,13,19H,3-4,7-10H2,1-2H3. The SMILES string of the molecule is CC(C)CNCc1occc1CN(CC(F)(F)F)C1CC1. The molecule has 1 fully saturated rings. The first-order chi connectivity index (χ1) is 9.85. The molecule has 0 bridgehead atoms. The molecule has 120 valence electrons. The van der Waals surface area contributed by atoms with Gasteiger partial charge in [0.05, 0.1) is 19.4 Å². The lowest BCUT2D eigenvalue weighted by Crippen LogP contribution is -2.35. The van der Waals surface area contributed by atoms with Gasteiger partial charge in [-0.1, -0.05) is 13.8 Å². The van der Waals surface area contributed by atoms with Crippen LogP contribution in [-0.4, -0.2) is 30.2 Å². The quantitative estimate of drug-likeness (QED) is 0.796. The number of rotatable bonds is 8. The number of nitrogens with one attached hydrogen (secondary N) is 1. The van der Waals surface area contributed by atoms with E-state index in [0.717, 1.165) is 30.7 Å². The summed E-state index contributed by atoms with van der Waals surface area (Å²) in [5.74, 6) is 1.26. The van der Waals surface area contributed by atoms with Crippen LogP contribution in [0.2, 0.25) is 0 Å². The summed E-state index contributed by atoms with van der Waals surface area (Å²) in [6.45, 7) is 5.09. The van der Waals surface area contributed by atoms with Crippen LogP contribution in [0.5, 0.6) is 0 Å². The Morgan fingerprint density at radius 2 is 2.10 bits per heavy atom. The molecule has 0 amide bonds. The molecule has 0 aliphatic heterocycles. The highest BCUT2D eigenvalue weighted by molar-refractivity contribution is 5.17. The molecule has 0 unspecified atom stereocenters. The summed E-state index contributed by atoms with van der Waals surface area (Å²) in [7, 11) is 0. The zero-order valence-electron chi connectivity index (χ0n) is 12.5. The Balaban J connectivity index is 1.93. The lowest BCUT2D eigenvalue weighted by molar-refractivity contribution is -0.148. The number of alkyl halides is 3. The molecule has 1 aliphatic carbocycles. The Morgan fingerprint density at radius 1 is 1.38 bits per heavy atom. The van der Waals surface area contributed by atoms with Crippen LogP contribution in [0.15, 0.2) is 16.7 Å². The lowest BCUT2D eigenvalue weighted by atomic mass is 10.2. The van der Waals surface area contributed by atoms with Crippen LogP contribution in [0, 0.1) is 5.92 Å². The van der Waals surface area contributed by atoms with Crippen molar-refractivity contribution in [3.63, 3.8) is 0 Å². The van der Waals surface area contributed by atoms with Crippen molar-refractivity contribution in [1.29, 1.82) is 0 Å². The van der Waals surface area contributed by atoms with E-state index < -0.39 is 12.7 Å². The van der Waals surface area contributed by atoms with E-state index in [1.807, 2.05) is 0 Å². The molecule has 3 nitrogen and oxygen atoms in total. The number of halogens is 3. The van der Waals surface area contributed by atoms with Gasteiger partial charge in [-0.05, 0) is 31.4 Å². The van der Waals surface area contributed by atoms with Crippen LogP contribution < -0.4 is 5.32 Å². The second-order valence-corrected chi connectivity index (χ2v) is 6.15. The van der Waals surface area contributed by atoms with E-state index in [1.54, 1.807) is 12.3 Å². The minimum Gasteiger partial charge on any atom is -0.468 e. The fourth-order valence-corrected chi connectivity index (χ4v) is 2.34. The minimum atomic E-state index is -4.15. The number of hydrogen-bond donors (Lipinski definition) is 1. The monoisotopic (exact) mass is 304 g/mol. The minimum absolute atomic E-state index is 0.0676. The summed E-state index contributed by atoms with van der Waals surface area (Å²) in [6.07, 6.45) is -0.882. The van der Waals surface area contributed by atoms with Crippen molar-refractivity contribution in [2.24, 2.45) is 5.92 Å². The third-order valence-corrected chi connectivity index (χ3v) is 3.49. The van der Waals surface area contributed by atoms with E-state index >= 15 is 0 Å². The van der Waals surface area contributed by atoms with Crippen LogP contribution in [0.3, 0.4) is 0 Å². The second kappa shape index (κ2) is 6.83. The molecule has 1 N–H and O–H groups in total. The molecule has 0 atom stereocenters. The van der Waals surface area contributed by atoms with Crippen molar-refractivity contribution in [3.8, 4) is 0 Å². The van der Waals surface area contributed by atoms with E-state index in [2.05, 4.69) is 19.2 Å². The molecule has 1 aliphatic rings. The highest BCUT2D eigenvalue weighted by atomic mass is 19.4. The van der Waals surface area contributed by atoms with E-state index in [-0.39, 0.29) is 6.04 Å². The average Bonchev–Trinajstić information content (AvgIpc) is 3.10. The highest BCUT2D eigenvalue weighted by Gasteiger charge is 2.38. The lowest BCUT2D eigenvalue weighted by Gasteiger charge is -2.23. The first kappa shape index (κ1) is 16.4. The number of nitrogens with zero attached hydrogens (tertiary/aromatic N) is 1. The molecule has 21 heavy (non-hydrogen) atoms. The second-order valence-electron chi connectivity index (χ2n) is 6.15. The average molecular weight is 304 g/mol. The Labute approximate surface area is 123 Å². The zero-order valence-corrected chi connectivity index (χ0v) is 12.5. The molecule has 6 heteroatoms. The Morgan fingerprint density at radius 3 is 2.67 bits per heavy atom. The van der Waals surface area contributed by atoms with Gasteiger partial charge < -0.3 is 9.73 Å². The van der Waals surface area contributed by atoms with Crippen LogP contribution in [0.4, 0.5) is 13.2 Å². The normalized spacial score (nSPS) is 16.1. The number of furan rings is 1. The fraction of sp³-hybridized carbons (Fsp3) is 0.733. The van der Waals surface area contributed by atoms with Crippen molar-refractivity contribution in [3.05, 3.63) is 23.7 Å². The van der Waals surface area contributed by atoms with Gasteiger partial charge in [0, 0.05) is 18.2 Å². The maximum Gasteiger partial charge on any atom is 0.401 e. The summed E-state index contributed by atoms with van der Waals surface area (Å²) in [6, 6.07) is 1.84. The van der Waals surface area contributed by atoms with Gasteiger partial charge in [-0.15, -0.1) is 0 Å². The van der Waals surface area contributed by atoms with Crippen molar-refractivity contribution in [2.75, 3.05) is 13.1 Å². The van der Waals surface area contributed by atoms with Gasteiger partial charge in [0.1, 0.15) is 5.76 Å². The first-order valence-corrected chi connectivity index (χ1v) is 7.42. The summed E-state index contributed by atoms with van der Waals surface area (Å²) >= 11 is 0. The van der Waals surface area contributed by atoms with Crippen molar-refractivity contribution in [1.82, 2.24) is 10.2 Å². The predicted molar refractivity (Wildman–Crippen MR) is 74.7 cm³/mol. The van der Waals surface area contributed by atoms with Crippen LogP contribution in [-0.2, 0) is 13.1 Å². The smallest absolute Gasteiger partial charge is 0.401 e. The summed E-state index contributed by atoms with van der Waals surface area (Å²) < 4.78 is 43.3. The van der Waals surface area contributed by atoms with Crippen molar-refractivity contribution < 1.29 is 17.6 Å². The van der Waals surface area contributed by atoms with Crippen LogP contribution in [0.25, 0.3) is 0 Å². The summed E-state index contributed by atoms with van der Waals surface area (Å²) in [5, 5.41) is 3.26. The van der Waals surface area contributed by atoms with Crippen LogP contribution in [0.1, 0.15) is 38.0 Å². The molecule has 0 spiro atoms. The molecular weight excluding hydrogens is 281 g/mol. The largest absolute Gasteiger partial charge is 0.468 e.